The van der Waals surface area contributed by atoms with E-state index >= 15 is 0 Å². The van der Waals surface area contributed by atoms with E-state index in [9.17, 15) is 9.59 Å². The van der Waals surface area contributed by atoms with Gasteiger partial charge in [0, 0.05) is 24.7 Å². The largest absolute Gasteiger partial charge is 0.361 e. The van der Waals surface area contributed by atoms with Gasteiger partial charge in [0.25, 0.3) is 5.91 Å². The van der Waals surface area contributed by atoms with E-state index in [1.807, 2.05) is 31.0 Å². The standard InChI is InChI=1S/C20H28N4O2/c1-11-19(25)22-16-10-14(6-7-17(16)24(11)2)20(26)23-18-12-4-3-5-13(18)9-15(21)8-12/h6-7,10-13,15,18H,3-5,8-9,21H2,1-2H3,(H,22,25)(H,23,26). The molecule has 6 heteroatoms. The van der Waals surface area contributed by atoms with Crippen LogP contribution in [0.1, 0.15) is 49.4 Å². The Bertz CT molecular complexity index is 721. The Morgan fingerprint density at radius 1 is 1.27 bits per heavy atom. The van der Waals surface area contributed by atoms with E-state index in [4.69, 9.17) is 5.73 Å². The molecule has 4 rings (SSSR count). The minimum Gasteiger partial charge on any atom is -0.361 e. The number of carbonyl (C=O) groups excluding carboxylic acids is 2. The third-order valence-electron chi connectivity index (χ3n) is 6.53. The van der Waals surface area contributed by atoms with Gasteiger partial charge in [-0.1, -0.05) is 6.42 Å². The molecular formula is C20H28N4O2. The molecule has 2 bridgehead atoms. The quantitative estimate of drug-likeness (QED) is 0.757. The number of carbonyl (C=O) groups is 2. The fourth-order valence-corrected chi connectivity index (χ4v) is 4.97. The number of hydrogen-bond donors (Lipinski definition) is 3. The molecule has 2 amide bonds. The second-order valence-electron chi connectivity index (χ2n) is 8.19. The Balaban J connectivity index is 1.52. The van der Waals surface area contributed by atoms with E-state index in [0.29, 0.717) is 23.1 Å². The van der Waals surface area contributed by atoms with Crippen molar-refractivity contribution in [3.05, 3.63) is 23.8 Å². The van der Waals surface area contributed by atoms with Gasteiger partial charge in [-0.05, 0) is 62.6 Å². The van der Waals surface area contributed by atoms with E-state index in [-0.39, 0.29) is 29.9 Å². The highest BCUT2D eigenvalue weighted by Crippen LogP contribution is 2.40. The van der Waals surface area contributed by atoms with Crippen LogP contribution in [-0.2, 0) is 4.79 Å². The molecule has 2 aliphatic carbocycles. The van der Waals surface area contributed by atoms with Crippen LogP contribution in [0.2, 0.25) is 0 Å². The van der Waals surface area contributed by atoms with Crippen LogP contribution >= 0.6 is 0 Å². The molecule has 0 spiro atoms. The van der Waals surface area contributed by atoms with Gasteiger partial charge in [0.2, 0.25) is 5.91 Å². The van der Waals surface area contributed by atoms with Gasteiger partial charge >= 0.3 is 0 Å². The van der Waals surface area contributed by atoms with Crippen LogP contribution in [0.25, 0.3) is 0 Å². The Hall–Kier alpha value is -2.08. The van der Waals surface area contributed by atoms with Gasteiger partial charge in [-0.15, -0.1) is 0 Å². The van der Waals surface area contributed by atoms with Gasteiger partial charge in [0.05, 0.1) is 11.4 Å². The molecule has 1 aromatic rings. The molecule has 3 atom stereocenters. The predicted molar refractivity (Wildman–Crippen MR) is 102 cm³/mol. The number of hydrogen-bond acceptors (Lipinski definition) is 4. The number of nitrogens with one attached hydrogen (secondary N) is 2. The first kappa shape index (κ1) is 17.3. The molecule has 1 aromatic carbocycles. The van der Waals surface area contributed by atoms with E-state index in [1.54, 1.807) is 6.07 Å². The molecule has 140 valence electrons. The average molecular weight is 356 g/mol. The third-order valence-corrected chi connectivity index (χ3v) is 6.53. The van der Waals surface area contributed by atoms with Crippen molar-refractivity contribution in [3.63, 3.8) is 0 Å². The zero-order chi connectivity index (χ0) is 18.4. The van der Waals surface area contributed by atoms with Crippen LogP contribution in [0.5, 0.6) is 0 Å². The number of anilines is 2. The summed E-state index contributed by atoms with van der Waals surface area (Å²) in [5, 5.41) is 6.18. The maximum atomic E-state index is 12.9. The molecule has 0 radical (unpaired) electrons. The smallest absolute Gasteiger partial charge is 0.251 e. The van der Waals surface area contributed by atoms with Crippen LogP contribution < -0.4 is 21.3 Å². The molecule has 4 N–H and O–H groups in total. The number of nitrogens with two attached hydrogens (primary N) is 1. The number of rotatable bonds is 2. The van der Waals surface area contributed by atoms with E-state index in [2.05, 4.69) is 10.6 Å². The second-order valence-corrected chi connectivity index (χ2v) is 8.19. The summed E-state index contributed by atoms with van der Waals surface area (Å²) in [5.41, 5.74) is 8.42. The van der Waals surface area contributed by atoms with Crippen LogP contribution in [0.3, 0.4) is 0 Å². The summed E-state index contributed by atoms with van der Waals surface area (Å²) in [7, 11) is 1.90. The first-order valence-electron chi connectivity index (χ1n) is 9.68. The van der Waals surface area contributed by atoms with Gasteiger partial charge in [0.15, 0.2) is 0 Å². The summed E-state index contributed by atoms with van der Waals surface area (Å²) in [6, 6.07) is 5.83. The molecule has 26 heavy (non-hydrogen) atoms. The summed E-state index contributed by atoms with van der Waals surface area (Å²) in [6.45, 7) is 1.87. The Kier molecular flexibility index (Phi) is 4.39. The Labute approximate surface area is 154 Å². The fourth-order valence-electron chi connectivity index (χ4n) is 4.97. The maximum absolute atomic E-state index is 12.9. The summed E-state index contributed by atoms with van der Waals surface area (Å²) in [6.07, 6.45) is 5.55. The lowest BCUT2D eigenvalue weighted by Gasteiger charge is -2.45. The molecule has 2 fully saturated rings. The van der Waals surface area contributed by atoms with Gasteiger partial charge in [-0.2, -0.15) is 0 Å². The van der Waals surface area contributed by atoms with Crippen LogP contribution in [0.4, 0.5) is 11.4 Å². The first-order valence-corrected chi connectivity index (χ1v) is 9.68. The minimum atomic E-state index is -0.215. The molecule has 1 heterocycles. The Morgan fingerprint density at radius 2 is 1.96 bits per heavy atom. The Morgan fingerprint density at radius 3 is 2.65 bits per heavy atom. The monoisotopic (exact) mass is 356 g/mol. The summed E-state index contributed by atoms with van der Waals surface area (Å²) in [4.78, 5) is 26.9. The highest BCUT2D eigenvalue weighted by atomic mass is 16.2. The second kappa shape index (κ2) is 6.58. The van der Waals surface area contributed by atoms with Crippen molar-refractivity contribution in [1.29, 1.82) is 0 Å². The number of benzene rings is 1. The number of likely N-dealkylation sites (N-methyl/N-ethyl adjacent to an activating group) is 1. The summed E-state index contributed by atoms with van der Waals surface area (Å²) in [5.74, 6) is 0.880. The molecule has 0 saturated heterocycles. The molecule has 2 saturated carbocycles. The fraction of sp³-hybridized carbons (Fsp3) is 0.600. The van der Waals surface area contributed by atoms with Crippen molar-refractivity contribution in [2.45, 2.75) is 57.2 Å². The zero-order valence-electron chi connectivity index (χ0n) is 15.5. The number of amides is 2. The van der Waals surface area contributed by atoms with Gasteiger partial charge < -0.3 is 21.3 Å². The van der Waals surface area contributed by atoms with E-state index < -0.39 is 0 Å². The van der Waals surface area contributed by atoms with Gasteiger partial charge in [-0.3, -0.25) is 9.59 Å². The topological polar surface area (TPSA) is 87.5 Å². The highest BCUT2D eigenvalue weighted by Gasteiger charge is 2.40. The molecule has 3 unspecified atom stereocenters. The van der Waals surface area contributed by atoms with Crippen LogP contribution in [0.15, 0.2) is 18.2 Å². The van der Waals surface area contributed by atoms with Crippen molar-refractivity contribution in [1.82, 2.24) is 5.32 Å². The average Bonchev–Trinajstić information content (AvgIpc) is 2.60. The molecule has 1 aliphatic heterocycles. The van der Waals surface area contributed by atoms with Gasteiger partial charge in [-0.25, -0.2) is 0 Å². The normalized spacial score (nSPS) is 33.3. The lowest BCUT2D eigenvalue weighted by molar-refractivity contribution is -0.117. The highest BCUT2D eigenvalue weighted by molar-refractivity contribution is 6.05. The number of nitrogens with zero attached hydrogens (tertiary/aromatic N) is 1. The molecular weight excluding hydrogens is 328 g/mol. The van der Waals surface area contributed by atoms with Crippen molar-refractivity contribution in [2.24, 2.45) is 17.6 Å². The van der Waals surface area contributed by atoms with Crippen molar-refractivity contribution in [2.75, 3.05) is 17.3 Å². The maximum Gasteiger partial charge on any atom is 0.251 e. The van der Waals surface area contributed by atoms with Crippen molar-refractivity contribution in [3.8, 4) is 0 Å². The molecule has 6 nitrogen and oxygen atoms in total. The molecule has 0 aromatic heterocycles. The summed E-state index contributed by atoms with van der Waals surface area (Å²) < 4.78 is 0. The van der Waals surface area contributed by atoms with E-state index in [0.717, 1.165) is 31.4 Å². The van der Waals surface area contributed by atoms with Gasteiger partial charge in [0.1, 0.15) is 6.04 Å². The van der Waals surface area contributed by atoms with E-state index in [1.165, 1.54) is 6.42 Å². The lowest BCUT2D eigenvalue weighted by Crippen LogP contribution is -2.53. The minimum absolute atomic E-state index is 0.0478. The predicted octanol–water partition coefficient (Wildman–Crippen LogP) is 2.10. The third kappa shape index (κ3) is 2.96. The van der Waals surface area contributed by atoms with Crippen LogP contribution in [-0.4, -0.2) is 37.0 Å². The lowest BCUT2D eigenvalue weighted by atomic mass is 9.67. The SMILES string of the molecule is CC1C(=O)Nc2cc(C(=O)NC3C4CCCC3CC(N)C4)ccc2N1C. The molecule has 3 aliphatic rings. The zero-order valence-corrected chi connectivity index (χ0v) is 15.5. The van der Waals surface area contributed by atoms with Crippen molar-refractivity contribution >= 4 is 23.2 Å². The van der Waals surface area contributed by atoms with Crippen LogP contribution in [0, 0.1) is 11.8 Å². The summed E-state index contributed by atoms with van der Waals surface area (Å²) >= 11 is 0. The first-order chi connectivity index (χ1) is 12.4. The number of fused-ring (bicyclic) bond motifs is 3. The van der Waals surface area contributed by atoms with Crippen molar-refractivity contribution < 1.29 is 9.59 Å².